The van der Waals surface area contributed by atoms with Crippen molar-refractivity contribution in [2.75, 3.05) is 0 Å². The lowest BCUT2D eigenvalue weighted by Crippen LogP contribution is -2.11. The summed E-state index contributed by atoms with van der Waals surface area (Å²) in [5.41, 5.74) is 5.42. The third-order valence-corrected chi connectivity index (χ3v) is 4.24. The van der Waals surface area contributed by atoms with Crippen molar-refractivity contribution in [2.45, 2.75) is 59.8 Å². The standard InChI is InChI=1S/C22H32/c1-8-11-19(13-10-12-17(3)9-2)21-16-20(22(5,6)7)15-14-18(21)4/h8,10-11,13-17H,1,9,12H2,2-7H3/b13-10-,19-11+. The van der Waals surface area contributed by atoms with Crippen LogP contribution in [0.1, 0.15) is 64.2 Å². The Kier molecular flexibility index (Phi) is 6.87. The van der Waals surface area contributed by atoms with E-state index in [1.165, 1.54) is 28.7 Å². The fourth-order valence-corrected chi connectivity index (χ4v) is 2.36. The lowest BCUT2D eigenvalue weighted by molar-refractivity contribution is 0.572. The molecule has 0 fully saturated rings. The molecule has 0 heteroatoms. The largest absolute Gasteiger partial charge is 0.0990 e. The topological polar surface area (TPSA) is 0 Å². The fraction of sp³-hybridized carbons (Fsp3) is 0.455. The van der Waals surface area contributed by atoms with Crippen molar-refractivity contribution >= 4 is 5.57 Å². The molecule has 1 unspecified atom stereocenters. The van der Waals surface area contributed by atoms with E-state index in [1.807, 2.05) is 6.08 Å². The van der Waals surface area contributed by atoms with Gasteiger partial charge in [0.25, 0.3) is 0 Å². The minimum absolute atomic E-state index is 0.169. The molecule has 0 aromatic heterocycles. The van der Waals surface area contributed by atoms with Gasteiger partial charge in [0.1, 0.15) is 0 Å². The van der Waals surface area contributed by atoms with Crippen LogP contribution in [0.5, 0.6) is 0 Å². The summed E-state index contributed by atoms with van der Waals surface area (Å²) in [7, 11) is 0. The Morgan fingerprint density at radius 1 is 1.27 bits per heavy atom. The molecule has 1 aromatic rings. The lowest BCUT2D eigenvalue weighted by Gasteiger charge is -2.21. The van der Waals surface area contributed by atoms with Crippen LogP contribution in [0.2, 0.25) is 0 Å². The summed E-state index contributed by atoms with van der Waals surface area (Å²) < 4.78 is 0. The van der Waals surface area contributed by atoms with Crippen LogP contribution >= 0.6 is 0 Å². The van der Waals surface area contributed by atoms with Crippen molar-refractivity contribution in [3.05, 3.63) is 65.8 Å². The molecule has 0 bridgehead atoms. The maximum absolute atomic E-state index is 3.88. The van der Waals surface area contributed by atoms with Gasteiger partial charge in [0.2, 0.25) is 0 Å². The van der Waals surface area contributed by atoms with E-state index < -0.39 is 0 Å². The van der Waals surface area contributed by atoms with Crippen LogP contribution in [0.4, 0.5) is 0 Å². The summed E-state index contributed by atoms with van der Waals surface area (Å²) in [5.74, 6) is 0.739. The highest BCUT2D eigenvalue weighted by Gasteiger charge is 2.15. The van der Waals surface area contributed by atoms with Gasteiger partial charge in [-0.05, 0) is 46.9 Å². The van der Waals surface area contributed by atoms with Crippen molar-refractivity contribution in [3.63, 3.8) is 0 Å². The van der Waals surface area contributed by atoms with Crippen LogP contribution < -0.4 is 0 Å². The minimum Gasteiger partial charge on any atom is -0.0990 e. The van der Waals surface area contributed by atoms with Crippen LogP contribution in [0.3, 0.4) is 0 Å². The number of benzene rings is 1. The summed E-state index contributed by atoms with van der Waals surface area (Å²) in [6.45, 7) is 17.4. The molecular formula is C22H32. The van der Waals surface area contributed by atoms with Crippen LogP contribution in [-0.4, -0.2) is 0 Å². The van der Waals surface area contributed by atoms with Crippen molar-refractivity contribution in [1.29, 1.82) is 0 Å². The van der Waals surface area contributed by atoms with E-state index in [4.69, 9.17) is 0 Å². The van der Waals surface area contributed by atoms with Gasteiger partial charge in [-0.25, -0.2) is 0 Å². The van der Waals surface area contributed by atoms with Gasteiger partial charge in [-0.2, -0.15) is 0 Å². The predicted octanol–water partition coefficient (Wildman–Crippen LogP) is 6.85. The first-order valence-corrected chi connectivity index (χ1v) is 8.40. The molecule has 0 nitrogen and oxygen atoms in total. The lowest BCUT2D eigenvalue weighted by atomic mass is 9.84. The van der Waals surface area contributed by atoms with Crippen LogP contribution in [-0.2, 0) is 5.41 Å². The minimum atomic E-state index is 0.169. The second-order valence-electron chi connectivity index (χ2n) is 7.29. The molecule has 22 heavy (non-hydrogen) atoms. The monoisotopic (exact) mass is 296 g/mol. The van der Waals surface area contributed by atoms with E-state index in [2.05, 4.69) is 84.5 Å². The second-order valence-corrected chi connectivity index (χ2v) is 7.29. The Balaban J connectivity index is 3.16. The molecule has 0 saturated carbocycles. The summed E-state index contributed by atoms with van der Waals surface area (Å²) in [6, 6.07) is 6.81. The second kappa shape index (κ2) is 8.17. The summed E-state index contributed by atoms with van der Waals surface area (Å²) in [4.78, 5) is 0. The SMILES string of the molecule is C=C/C=C(\C=C/CC(C)CC)c1cc(C(C)(C)C)ccc1C. The van der Waals surface area contributed by atoms with Crippen molar-refractivity contribution in [3.8, 4) is 0 Å². The summed E-state index contributed by atoms with van der Waals surface area (Å²) in [6.07, 6.45) is 10.9. The molecule has 120 valence electrons. The van der Waals surface area contributed by atoms with Crippen molar-refractivity contribution in [1.82, 2.24) is 0 Å². The van der Waals surface area contributed by atoms with Gasteiger partial charge >= 0.3 is 0 Å². The Labute approximate surface area is 137 Å². The first-order valence-electron chi connectivity index (χ1n) is 8.40. The fourth-order valence-electron chi connectivity index (χ4n) is 2.36. The van der Waals surface area contributed by atoms with Gasteiger partial charge in [0.15, 0.2) is 0 Å². The van der Waals surface area contributed by atoms with E-state index >= 15 is 0 Å². The summed E-state index contributed by atoms with van der Waals surface area (Å²) in [5, 5.41) is 0. The maximum atomic E-state index is 3.88. The zero-order valence-corrected chi connectivity index (χ0v) is 15.2. The van der Waals surface area contributed by atoms with Crippen LogP contribution in [0.25, 0.3) is 5.57 Å². The van der Waals surface area contributed by atoms with Gasteiger partial charge in [-0.15, -0.1) is 0 Å². The van der Waals surface area contributed by atoms with Gasteiger partial charge < -0.3 is 0 Å². The number of rotatable bonds is 6. The highest BCUT2D eigenvalue weighted by Crippen LogP contribution is 2.28. The average molecular weight is 296 g/mol. The van der Waals surface area contributed by atoms with Gasteiger partial charge in [0, 0.05) is 0 Å². The number of hydrogen-bond acceptors (Lipinski definition) is 0. The van der Waals surface area contributed by atoms with E-state index in [9.17, 15) is 0 Å². The Morgan fingerprint density at radius 3 is 2.50 bits per heavy atom. The van der Waals surface area contributed by atoms with E-state index in [0.717, 1.165) is 12.3 Å². The quantitative estimate of drug-likeness (QED) is 0.503. The molecule has 0 heterocycles. The van der Waals surface area contributed by atoms with E-state index in [0.29, 0.717) is 0 Å². The third-order valence-electron chi connectivity index (χ3n) is 4.24. The first-order chi connectivity index (χ1) is 10.3. The van der Waals surface area contributed by atoms with Crippen molar-refractivity contribution in [2.24, 2.45) is 5.92 Å². The molecule has 1 atom stereocenters. The van der Waals surface area contributed by atoms with Gasteiger partial charge in [-0.3, -0.25) is 0 Å². The molecule has 0 aliphatic heterocycles. The molecule has 0 N–H and O–H groups in total. The zero-order chi connectivity index (χ0) is 16.8. The smallest absolute Gasteiger partial charge is 0.0132 e. The molecule has 0 aliphatic carbocycles. The first kappa shape index (κ1) is 18.5. The third kappa shape index (κ3) is 5.33. The van der Waals surface area contributed by atoms with E-state index in [-0.39, 0.29) is 5.41 Å². The molecule has 1 aromatic carbocycles. The molecule has 0 spiro atoms. The number of aryl methyl sites for hydroxylation is 1. The van der Waals surface area contributed by atoms with Gasteiger partial charge in [0.05, 0.1) is 0 Å². The Bertz CT molecular complexity index is 550. The molecule has 1 rings (SSSR count). The summed E-state index contributed by atoms with van der Waals surface area (Å²) >= 11 is 0. The Morgan fingerprint density at radius 2 is 1.95 bits per heavy atom. The van der Waals surface area contributed by atoms with E-state index in [1.54, 1.807) is 0 Å². The highest BCUT2D eigenvalue weighted by molar-refractivity contribution is 5.77. The van der Waals surface area contributed by atoms with Crippen LogP contribution in [0.15, 0.2) is 49.1 Å². The zero-order valence-electron chi connectivity index (χ0n) is 15.2. The number of allylic oxidation sites excluding steroid dienone is 5. The predicted molar refractivity (Wildman–Crippen MR) is 101 cm³/mol. The molecule has 0 saturated heterocycles. The number of hydrogen-bond donors (Lipinski definition) is 0. The molecule has 0 radical (unpaired) electrons. The molecule has 0 aliphatic rings. The van der Waals surface area contributed by atoms with Gasteiger partial charge in [-0.1, -0.05) is 90.1 Å². The average Bonchev–Trinajstić information content (AvgIpc) is 2.45. The maximum Gasteiger partial charge on any atom is -0.0132 e. The molecular weight excluding hydrogens is 264 g/mol. The highest BCUT2D eigenvalue weighted by atomic mass is 14.2. The Hall–Kier alpha value is -1.56. The van der Waals surface area contributed by atoms with Crippen molar-refractivity contribution < 1.29 is 0 Å². The molecule has 0 amide bonds. The van der Waals surface area contributed by atoms with Crippen LogP contribution in [0, 0.1) is 12.8 Å². The normalized spacial score (nSPS) is 14.4.